The smallest absolute Gasteiger partial charge is 0.266 e. The number of hydrogen-bond acceptors (Lipinski definition) is 6. The van der Waals surface area contributed by atoms with Gasteiger partial charge in [0.05, 0.1) is 24.5 Å². The van der Waals surface area contributed by atoms with Gasteiger partial charge in [-0.05, 0) is 54.1 Å². The van der Waals surface area contributed by atoms with Crippen LogP contribution < -0.4 is 14.7 Å². The van der Waals surface area contributed by atoms with Crippen LogP contribution in [0.5, 0.6) is 11.5 Å². The van der Waals surface area contributed by atoms with E-state index in [9.17, 15) is 14.7 Å². The number of ether oxygens (including phenoxy) is 1. The highest BCUT2D eigenvalue weighted by Crippen LogP contribution is 2.47. The molecule has 3 aromatic rings. The zero-order valence-electron chi connectivity index (χ0n) is 16.7. The number of rotatable bonds is 4. The Morgan fingerprint density at radius 3 is 2.16 bits per heavy atom. The molecule has 5 rings (SSSR count). The van der Waals surface area contributed by atoms with E-state index in [2.05, 4.69) is 0 Å². The fraction of sp³-hybridized carbons (Fsp3) is 0.167. The first-order valence-corrected chi connectivity index (χ1v) is 9.90. The van der Waals surface area contributed by atoms with Crippen LogP contribution in [0.4, 0.5) is 11.4 Å². The third-order valence-electron chi connectivity index (χ3n) is 5.69. The fourth-order valence-electron chi connectivity index (χ4n) is 4.21. The van der Waals surface area contributed by atoms with E-state index in [0.717, 1.165) is 11.3 Å². The molecule has 0 radical (unpaired) electrons. The highest BCUT2D eigenvalue weighted by Gasteiger charge is 2.60. The molecule has 3 atom stereocenters. The van der Waals surface area contributed by atoms with Crippen molar-refractivity contribution in [3.8, 4) is 11.5 Å². The quantitative estimate of drug-likeness (QED) is 0.657. The molecule has 156 valence electrons. The van der Waals surface area contributed by atoms with Gasteiger partial charge in [-0.1, -0.05) is 30.3 Å². The van der Waals surface area contributed by atoms with Crippen molar-refractivity contribution in [2.75, 3.05) is 17.1 Å². The lowest BCUT2D eigenvalue weighted by atomic mass is 9.90. The maximum atomic E-state index is 13.5. The zero-order valence-corrected chi connectivity index (χ0v) is 16.7. The maximum Gasteiger partial charge on any atom is 0.266 e. The highest BCUT2D eigenvalue weighted by molar-refractivity contribution is 6.23. The summed E-state index contributed by atoms with van der Waals surface area (Å²) in [7, 11) is 1.56. The fourth-order valence-corrected chi connectivity index (χ4v) is 4.21. The molecule has 2 heterocycles. The van der Waals surface area contributed by atoms with Gasteiger partial charge in [-0.25, -0.2) is 9.96 Å². The summed E-state index contributed by atoms with van der Waals surface area (Å²) in [6.07, 6.45) is -0.936. The number of nitrogens with zero attached hydrogens (tertiary/aromatic N) is 2. The second-order valence-electron chi connectivity index (χ2n) is 7.46. The lowest BCUT2D eigenvalue weighted by molar-refractivity contribution is -0.126. The van der Waals surface area contributed by atoms with Crippen LogP contribution in [0.25, 0.3) is 0 Å². The monoisotopic (exact) mass is 416 g/mol. The zero-order chi connectivity index (χ0) is 21.5. The molecule has 1 N–H and O–H groups in total. The van der Waals surface area contributed by atoms with E-state index in [4.69, 9.17) is 9.57 Å². The van der Waals surface area contributed by atoms with Gasteiger partial charge in [-0.3, -0.25) is 14.4 Å². The summed E-state index contributed by atoms with van der Waals surface area (Å²) in [5, 5.41) is 11.3. The Bertz CT molecular complexity index is 1110. The molecule has 2 saturated heterocycles. The third kappa shape index (κ3) is 3.10. The van der Waals surface area contributed by atoms with Gasteiger partial charge in [0.15, 0.2) is 6.10 Å². The van der Waals surface area contributed by atoms with Crippen molar-refractivity contribution in [2.45, 2.75) is 12.1 Å². The lowest BCUT2D eigenvalue weighted by Gasteiger charge is -2.28. The van der Waals surface area contributed by atoms with Gasteiger partial charge < -0.3 is 9.84 Å². The van der Waals surface area contributed by atoms with Crippen LogP contribution in [0.1, 0.15) is 11.6 Å². The molecule has 0 bridgehead atoms. The Morgan fingerprint density at radius 2 is 1.52 bits per heavy atom. The molecule has 31 heavy (non-hydrogen) atoms. The Hall–Kier alpha value is -3.84. The molecule has 0 saturated carbocycles. The summed E-state index contributed by atoms with van der Waals surface area (Å²) < 4.78 is 5.17. The SMILES string of the molecule is COc1ccc(N2C(=O)C3ON(c4ccccc4)C(c4ccc(O)cc4)C3C2=O)cc1. The van der Waals surface area contributed by atoms with Crippen LogP contribution in [0.3, 0.4) is 0 Å². The van der Waals surface area contributed by atoms with Crippen LogP contribution in [-0.4, -0.2) is 30.1 Å². The number of phenols is 1. The van der Waals surface area contributed by atoms with Gasteiger partial charge in [-0.15, -0.1) is 0 Å². The van der Waals surface area contributed by atoms with Crippen LogP contribution in [0, 0.1) is 5.92 Å². The van der Waals surface area contributed by atoms with E-state index in [1.54, 1.807) is 60.7 Å². The number of hydroxylamine groups is 1. The standard InChI is InChI=1S/C24H20N2O5/c1-30-19-13-9-16(10-14-19)25-23(28)20-21(15-7-11-18(27)12-8-15)26(31-22(20)24(25)29)17-5-3-2-4-6-17/h2-14,20-22,27H,1H3. The van der Waals surface area contributed by atoms with Crippen molar-refractivity contribution in [3.05, 3.63) is 84.4 Å². The van der Waals surface area contributed by atoms with Crippen molar-refractivity contribution in [1.29, 1.82) is 0 Å². The predicted octanol–water partition coefficient (Wildman–Crippen LogP) is 3.45. The van der Waals surface area contributed by atoms with Crippen LogP contribution in [0.15, 0.2) is 78.9 Å². The molecule has 2 aliphatic rings. The predicted molar refractivity (Wildman–Crippen MR) is 114 cm³/mol. The molecule has 7 heteroatoms. The van der Waals surface area contributed by atoms with Crippen molar-refractivity contribution < 1.29 is 24.3 Å². The van der Waals surface area contributed by atoms with Gasteiger partial charge >= 0.3 is 0 Å². The molecule has 0 aromatic heterocycles. The first-order valence-electron chi connectivity index (χ1n) is 9.90. The molecular formula is C24H20N2O5. The van der Waals surface area contributed by atoms with Gasteiger partial charge in [-0.2, -0.15) is 0 Å². The summed E-state index contributed by atoms with van der Waals surface area (Å²) >= 11 is 0. The maximum absolute atomic E-state index is 13.5. The first kappa shape index (κ1) is 19.1. The van der Waals surface area contributed by atoms with Crippen molar-refractivity contribution in [2.24, 2.45) is 5.92 Å². The Kier molecular flexibility index (Phi) is 4.60. The minimum absolute atomic E-state index is 0.124. The van der Waals surface area contributed by atoms with E-state index >= 15 is 0 Å². The number of anilines is 2. The van der Waals surface area contributed by atoms with E-state index in [-0.39, 0.29) is 11.7 Å². The number of aromatic hydroxyl groups is 1. The van der Waals surface area contributed by atoms with Crippen LogP contribution in [0.2, 0.25) is 0 Å². The molecule has 3 aromatic carbocycles. The molecule has 0 aliphatic carbocycles. The Labute approximate surface area is 179 Å². The first-order chi connectivity index (χ1) is 15.1. The van der Waals surface area contributed by atoms with Gasteiger partial charge in [0.25, 0.3) is 5.91 Å². The third-order valence-corrected chi connectivity index (χ3v) is 5.69. The van der Waals surface area contributed by atoms with E-state index in [1.165, 1.54) is 4.90 Å². The second kappa shape index (κ2) is 7.45. The summed E-state index contributed by atoms with van der Waals surface area (Å²) in [6.45, 7) is 0. The van der Waals surface area contributed by atoms with Crippen LogP contribution >= 0.6 is 0 Å². The number of imide groups is 1. The number of amides is 2. The van der Waals surface area contributed by atoms with Crippen molar-refractivity contribution >= 4 is 23.2 Å². The largest absolute Gasteiger partial charge is 0.508 e. The molecule has 7 nitrogen and oxygen atoms in total. The van der Waals surface area contributed by atoms with Crippen LogP contribution in [-0.2, 0) is 14.4 Å². The summed E-state index contributed by atoms with van der Waals surface area (Å²) in [5.41, 5.74) is 1.99. The number of methoxy groups -OCH3 is 1. The summed E-state index contributed by atoms with van der Waals surface area (Å²) in [6, 6.07) is 22.2. The number of phenolic OH excluding ortho intramolecular Hbond substituents is 1. The number of fused-ring (bicyclic) bond motifs is 1. The average Bonchev–Trinajstić information content (AvgIpc) is 3.31. The molecule has 2 fully saturated rings. The van der Waals surface area contributed by atoms with E-state index < -0.39 is 24.0 Å². The van der Waals surface area contributed by atoms with Gasteiger partial charge in [0, 0.05) is 0 Å². The minimum atomic E-state index is -0.936. The molecule has 3 unspecified atom stereocenters. The molecule has 2 aliphatic heterocycles. The lowest BCUT2D eigenvalue weighted by Crippen LogP contribution is -2.37. The highest BCUT2D eigenvalue weighted by atomic mass is 16.7. The van der Waals surface area contributed by atoms with Crippen molar-refractivity contribution in [1.82, 2.24) is 0 Å². The topological polar surface area (TPSA) is 79.3 Å². The normalized spacial score (nSPS) is 22.7. The molecule has 2 amide bonds. The van der Waals surface area contributed by atoms with E-state index in [1.807, 2.05) is 30.3 Å². The molecular weight excluding hydrogens is 396 g/mol. The minimum Gasteiger partial charge on any atom is -0.508 e. The van der Waals surface area contributed by atoms with Gasteiger partial charge in [0.1, 0.15) is 17.4 Å². The Balaban J connectivity index is 1.56. The molecule has 0 spiro atoms. The number of carbonyl (C=O) groups excluding carboxylic acids is 2. The number of carbonyl (C=O) groups is 2. The summed E-state index contributed by atoms with van der Waals surface area (Å²) in [5.74, 6) is -0.686. The number of benzene rings is 3. The van der Waals surface area contributed by atoms with E-state index in [0.29, 0.717) is 11.4 Å². The Morgan fingerprint density at radius 1 is 0.839 bits per heavy atom. The second-order valence-corrected chi connectivity index (χ2v) is 7.46. The summed E-state index contributed by atoms with van der Waals surface area (Å²) in [4.78, 5) is 34.0. The average molecular weight is 416 g/mol. The number of hydrogen-bond donors (Lipinski definition) is 1. The van der Waals surface area contributed by atoms with Gasteiger partial charge in [0.2, 0.25) is 5.91 Å². The van der Waals surface area contributed by atoms with Crippen molar-refractivity contribution in [3.63, 3.8) is 0 Å². The number of para-hydroxylation sites is 1.